The molecule has 1 fully saturated rings. The lowest BCUT2D eigenvalue weighted by Gasteiger charge is -2.20. The molecule has 1 amide bonds. The van der Waals surface area contributed by atoms with E-state index in [1.807, 2.05) is 6.92 Å². The Kier molecular flexibility index (Phi) is 8.10. The predicted molar refractivity (Wildman–Crippen MR) is 131 cm³/mol. The molecule has 1 unspecified atom stereocenters. The van der Waals surface area contributed by atoms with Gasteiger partial charge in [-0.25, -0.2) is 9.97 Å². The van der Waals surface area contributed by atoms with Crippen LogP contribution < -0.4 is 20.7 Å². The van der Waals surface area contributed by atoms with Gasteiger partial charge in [-0.2, -0.15) is 22.0 Å². The molecule has 0 spiro atoms. The maximum atomic E-state index is 13.5. The Labute approximate surface area is 215 Å². The summed E-state index contributed by atoms with van der Waals surface area (Å²) < 4.78 is 70.8. The van der Waals surface area contributed by atoms with Gasteiger partial charge in [-0.3, -0.25) is 4.79 Å². The van der Waals surface area contributed by atoms with E-state index < -0.39 is 23.6 Å². The van der Waals surface area contributed by atoms with Crippen molar-refractivity contribution in [3.05, 3.63) is 77.6 Å². The van der Waals surface area contributed by atoms with E-state index in [0.29, 0.717) is 24.6 Å². The van der Waals surface area contributed by atoms with Crippen LogP contribution in [0.25, 0.3) is 0 Å². The first-order valence-electron chi connectivity index (χ1n) is 11.9. The summed E-state index contributed by atoms with van der Waals surface area (Å²) in [5.74, 6) is -4.89. The molecule has 4 rings (SSSR count). The number of nitrogens with one attached hydrogen (secondary N) is 3. The quantitative estimate of drug-likeness (QED) is 0.313. The molecule has 0 bridgehead atoms. The number of halogens is 5. The summed E-state index contributed by atoms with van der Waals surface area (Å²) in [7, 11) is 0. The highest BCUT2D eigenvalue weighted by Crippen LogP contribution is 2.43. The Morgan fingerprint density at radius 2 is 1.87 bits per heavy atom. The van der Waals surface area contributed by atoms with Gasteiger partial charge in [0.15, 0.2) is 0 Å². The van der Waals surface area contributed by atoms with Crippen molar-refractivity contribution in [2.75, 3.05) is 17.2 Å². The summed E-state index contributed by atoms with van der Waals surface area (Å²) in [6.45, 7) is 3.26. The molecule has 3 aromatic rings. The Morgan fingerprint density at radius 1 is 1.11 bits per heavy atom. The molecule has 3 N–H and O–H groups in total. The maximum absolute atomic E-state index is 13.5. The minimum Gasteiger partial charge on any atom is -0.473 e. The van der Waals surface area contributed by atoms with E-state index in [9.17, 15) is 26.7 Å². The zero-order valence-corrected chi connectivity index (χ0v) is 20.4. The molecule has 1 aliphatic heterocycles. The van der Waals surface area contributed by atoms with Crippen molar-refractivity contribution >= 4 is 17.4 Å². The fourth-order valence-corrected chi connectivity index (χ4v) is 4.05. The number of aromatic nitrogens is 2. The van der Waals surface area contributed by atoms with E-state index in [0.717, 1.165) is 37.1 Å². The van der Waals surface area contributed by atoms with Crippen molar-refractivity contribution in [3.8, 4) is 5.88 Å². The molecule has 38 heavy (non-hydrogen) atoms. The van der Waals surface area contributed by atoms with Crippen molar-refractivity contribution in [2.45, 2.75) is 50.6 Å². The highest BCUT2D eigenvalue weighted by atomic mass is 19.4. The average molecular weight is 536 g/mol. The third kappa shape index (κ3) is 6.36. The van der Waals surface area contributed by atoms with Gasteiger partial charge >= 0.3 is 12.1 Å². The lowest BCUT2D eigenvalue weighted by Crippen LogP contribution is -2.36. The molecule has 202 valence electrons. The van der Waals surface area contributed by atoms with Crippen molar-refractivity contribution < 1.29 is 31.5 Å². The van der Waals surface area contributed by atoms with Crippen LogP contribution in [0.1, 0.15) is 41.3 Å². The Morgan fingerprint density at radius 3 is 2.55 bits per heavy atom. The summed E-state index contributed by atoms with van der Waals surface area (Å²) in [4.78, 5) is 21.3. The molecule has 2 aromatic heterocycles. The SMILES string of the molecule is C[C@H](Oc1cc(CNc2ncccc2C(=O)Nc2ccc(C(F)(F)C(F)(F)F)cc2)ccn1)C1CCCN1. The van der Waals surface area contributed by atoms with Crippen LogP contribution in [0.15, 0.2) is 60.9 Å². The van der Waals surface area contributed by atoms with Crippen molar-refractivity contribution in [3.63, 3.8) is 0 Å². The monoisotopic (exact) mass is 535 g/mol. The smallest absolute Gasteiger partial charge is 0.458 e. The Hall–Kier alpha value is -3.80. The van der Waals surface area contributed by atoms with Crippen molar-refractivity contribution in [1.82, 2.24) is 15.3 Å². The first kappa shape index (κ1) is 27.2. The van der Waals surface area contributed by atoms with Crippen LogP contribution in [-0.4, -0.2) is 40.7 Å². The van der Waals surface area contributed by atoms with Crippen LogP contribution in [0.4, 0.5) is 33.5 Å². The van der Waals surface area contributed by atoms with Crippen LogP contribution in [0.5, 0.6) is 5.88 Å². The topological polar surface area (TPSA) is 88.2 Å². The zero-order chi connectivity index (χ0) is 27.3. The van der Waals surface area contributed by atoms with Gasteiger partial charge in [-0.05, 0) is 62.2 Å². The molecular formula is C26H26F5N5O2. The Bertz CT molecular complexity index is 1250. The highest BCUT2D eigenvalue weighted by molar-refractivity contribution is 6.07. The lowest BCUT2D eigenvalue weighted by atomic mass is 10.1. The summed E-state index contributed by atoms with van der Waals surface area (Å²) in [5, 5.41) is 8.97. The minimum atomic E-state index is -5.72. The number of hydrogen-bond donors (Lipinski definition) is 3. The fourth-order valence-electron chi connectivity index (χ4n) is 4.05. The van der Waals surface area contributed by atoms with Gasteiger partial charge in [0.2, 0.25) is 5.88 Å². The molecule has 1 saturated heterocycles. The number of benzene rings is 1. The van der Waals surface area contributed by atoms with Gasteiger partial charge in [0.25, 0.3) is 5.91 Å². The van der Waals surface area contributed by atoms with Gasteiger partial charge < -0.3 is 20.7 Å². The maximum Gasteiger partial charge on any atom is 0.458 e. The predicted octanol–water partition coefficient (Wildman–Crippen LogP) is 5.51. The van der Waals surface area contributed by atoms with Crippen LogP contribution in [-0.2, 0) is 12.5 Å². The zero-order valence-electron chi connectivity index (χ0n) is 20.4. The number of alkyl halides is 5. The number of carbonyl (C=O) groups is 1. The first-order valence-corrected chi connectivity index (χ1v) is 11.9. The summed E-state index contributed by atoms with van der Waals surface area (Å²) in [5.41, 5.74) is -0.182. The van der Waals surface area contributed by atoms with Crippen molar-refractivity contribution in [1.29, 1.82) is 0 Å². The first-order chi connectivity index (χ1) is 18.0. The third-order valence-electron chi connectivity index (χ3n) is 6.14. The third-order valence-corrected chi connectivity index (χ3v) is 6.14. The minimum absolute atomic E-state index is 0.0481. The number of anilines is 2. The number of rotatable bonds is 9. The number of amides is 1. The number of carbonyl (C=O) groups excluding carboxylic acids is 1. The second-order valence-electron chi connectivity index (χ2n) is 8.88. The van der Waals surface area contributed by atoms with Gasteiger partial charge in [0.1, 0.15) is 11.9 Å². The number of nitrogens with zero attached hydrogens (tertiary/aromatic N) is 2. The molecule has 1 aliphatic rings. The molecule has 2 atom stereocenters. The summed E-state index contributed by atoms with van der Waals surface area (Å²) in [6, 6.07) is 10.1. The fraction of sp³-hybridized carbons (Fsp3) is 0.346. The van der Waals surface area contributed by atoms with E-state index in [2.05, 4.69) is 25.9 Å². The van der Waals surface area contributed by atoms with Crippen LogP contribution in [0, 0.1) is 0 Å². The molecule has 0 radical (unpaired) electrons. The second kappa shape index (κ2) is 11.3. The number of ether oxygens (including phenoxy) is 1. The number of pyridine rings is 2. The standard InChI is InChI=1S/C26H26F5N5O2/c1-16(21-5-3-11-32-21)38-22-14-17(10-13-33-22)15-35-23-20(4-2-12-34-23)24(37)36-19-8-6-18(7-9-19)25(27,28)26(29,30)31/h2,4,6-10,12-14,16,21,32H,3,5,11,15H2,1H3,(H,34,35)(H,36,37)/t16-,21?/m0/s1. The second-order valence-corrected chi connectivity index (χ2v) is 8.88. The van der Waals surface area contributed by atoms with E-state index in [4.69, 9.17) is 4.74 Å². The molecule has 0 saturated carbocycles. The largest absolute Gasteiger partial charge is 0.473 e. The van der Waals surface area contributed by atoms with E-state index >= 15 is 0 Å². The molecule has 0 aliphatic carbocycles. The van der Waals surface area contributed by atoms with Gasteiger partial charge in [-0.15, -0.1) is 0 Å². The number of hydrogen-bond acceptors (Lipinski definition) is 6. The van der Waals surface area contributed by atoms with E-state index in [1.54, 1.807) is 24.4 Å². The molecule has 3 heterocycles. The molecule has 1 aromatic carbocycles. The van der Waals surface area contributed by atoms with E-state index in [1.165, 1.54) is 12.3 Å². The van der Waals surface area contributed by atoms with Crippen LogP contribution >= 0.6 is 0 Å². The lowest BCUT2D eigenvalue weighted by molar-refractivity contribution is -0.289. The van der Waals surface area contributed by atoms with Crippen LogP contribution in [0.2, 0.25) is 0 Å². The summed E-state index contributed by atoms with van der Waals surface area (Å²) in [6.07, 6.45) is -0.509. The normalized spacial score (nSPS) is 16.6. The van der Waals surface area contributed by atoms with Gasteiger partial charge in [0.05, 0.1) is 5.56 Å². The molecule has 12 heteroatoms. The van der Waals surface area contributed by atoms with E-state index in [-0.39, 0.29) is 29.2 Å². The molecule has 7 nitrogen and oxygen atoms in total. The summed E-state index contributed by atoms with van der Waals surface area (Å²) >= 11 is 0. The van der Waals surface area contributed by atoms with Crippen molar-refractivity contribution in [2.24, 2.45) is 0 Å². The molecular weight excluding hydrogens is 509 g/mol. The van der Waals surface area contributed by atoms with Gasteiger partial charge in [-0.1, -0.05) is 12.1 Å². The van der Waals surface area contributed by atoms with Gasteiger partial charge in [0, 0.05) is 42.3 Å². The van der Waals surface area contributed by atoms with Crippen LogP contribution in [0.3, 0.4) is 0 Å². The Balaban J connectivity index is 1.39. The highest BCUT2D eigenvalue weighted by Gasteiger charge is 2.58. The average Bonchev–Trinajstić information content (AvgIpc) is 3.43.